The van der Waals surface area contributed by atoms with Gasteiger partial charge in [0.1, 0.15) is 0 Å². The summed E-state index contributed by atoms with van der Waals surface area (Å²) in [5.41, 5.74) is 0. The van der Waals surface area contributed by atoms with Gasteiger partial charge in [-0.05, 0) is 11.8 Å². The topological polar surface area (TPSA) is 12.0 Å². The molecular weight excluding hydrogens is 121 g/mol. The van der Waals surface area contributed by atoms with Crippen LogP contribution in [0.3, 0.4) is 0 Å². The molecule has 0 atom stereocenters. The van der Waals surface area contributed by atoms with Gasteiger partial charge in [0, 0.05) is 6.54 Å². The lowest BCUT2D eigenvalue weighted by Crippen LogP contribution is -1.93. The summed E-state index contributed by atoms with van der Waals surface area (Å²) in [4.78, 5) is 2.37. The smallest absolute Gasteiger partial charge is 0.0286 e. The van der Waals surface area contributed by atoms with E-state index in [0.717, 1.165) is 0 Å². The summed E-state index contributed by atoms with van der Waals surface area (Å²) in [7, 11) is 0. The molecule has 0 saturated carbocycles. The van der Waals surface area contributed by atoms with Crippen molar-refractivity contribution in [3.05, 3.63) is 12.7 Å². The lowest BCUT2D eigenvalue weighted by atomic mass is 10.7. The number of nitrogens with one attached hydrogen (secondary N) is 1. The molecule has 0 aromatic heterocycles. The zero-order valence-corrected chi connectivity index (χ0v) is 4.85. The number of hydrogen-bond acceptors (Lipinski definition) is 1. The number of hydrogen-bond donors (Lipinski definition) is 1. The first-order chi connectivity index (χ1) is 2.41. The molecular formula is C3H7Cl2N. The predicted octanol–water partition coefficient (Wildman–Crippen LogP) is 1.34. The monoisotopic (exact) mass is 127 g/mol. The van der Waals surface area contributed by atoms with Crippen molar-refractivity contribution in [3.63, 3.8) is 0 Å². The molecule has 0 aliphatic carbocycles. The lowest BCUT2D eigenvalue weighted by molar-refractivity contribution is 1.12. The fourth-order valence-corrected chi connectivity index (χ4v) is 0.164. The molecule has 0 bridgehead atoms. The van der Waals surface area contributed by atoms with Gasteiger partial charge in [0.05, 0.1) is 0 Å². The first kappa shape index (κ1) is 9.56. The minimum absolute atomic E-state index is 0. The van der Waals surface area contributed by atoms with E-state index in [2.05, 4.69) is 11.4 Å². The third-order valence-electron chi connectivity index (χ3n) is 0.221. The standard InChI is InChI=1S/C3H6ClN.ClH/c1-2-3-5-4;/h2,5H,1,3H2;1H. The van der Waals surface area contributed by atoms with Crippen LogP contribution in [0, 0.1) is 0 Å². The molecule has 0 unspecified atom stereocenters. The van der Waals surface area contributed by atoms with E-state index >= 15 is 0 Å². The average Bonchev–Trinajstić information content (AvgIpc) is 1.41. The molecule has 3 heteroatoms. The van der Waals surface area contributed by atoms with Crippen molar-refractivity contribution in [2.75, 3.05) is 6.54 Å². The van der Waals surface area contributed by atoms with Gasteiger partial charge < -0.3 is 0 Å². The van der Waals surface area contributed by atoms with Crippen molar-refractivity contribution in [2.45, 2.75) is 0 Å². The normalized spacial score (nSPS) is 6.17. The van der Waals surface area contributed by atoms with E-state index < -0.39 is 0 Å². The minimum Gasteiger partial charge on any atom is -0.230 e. The molecule has 6 heavy (non-hydrogen) atoms. The second kappa shape index (κ2) is 8.99. The summed E-state index contributed by atoms with van der Waals surface area (Å²) in [6, 6.07) is 0. The highest BCUT2D eigenvalue weighted by molar-refractivity contribution is 6.13. The Morgan fingerprint density at radius 1 is 1.83 bits per heavy atom. The van der Waals surface area contributed by atoms with E-state index in [-0.39, 0.29) is 12.4 Å². The van der Waals surface area contributed by atoms with Gasteiger partial charge in [0.2, 0.25) is 0 Å². The van der Waals surface area contributed by atoms with Gasteiger partial charge in [-0.2, -0.15) is 0 Å². The first-order valence-electron chi connectivity index (χ1n) is 1.36. The van der Waals surface area contributed by atoms with E-state index in [1.54, 1.807) is 6.08 Å². The molecule has 0 spiro atoms. The van der Waals surface area contributed by atoms with Crippen LogP contribution in [0.15, 0.2) is 12.7 Å². The van der Waals surface area contributed by atoms with Gasteiger partial charge in [-0.15, -0.1) is 19.0 Å². The SMILES string of the molecule is C=CCNCl.Cl. The molecule has 1 N–H and O–H groups in total. The van der Waals surface area contributed by atoms with Crippen LogP contribution in [0.2, 0.25) is 0 Å². The lowest BCUT2D eigenvalue weighted by Gasteiger charge is -1.75. The fraction of sp³-hybridized carbons (Fsp3) is 0.333. The van der Waals surface area contributed by atoms with Crippen LogP contribution in [-0.2, 0) is 0 Å². The third-order valence-corrected chi connectivity index (χ3v) is 0.376. The second-order valence-corrected chi connectivity index (χ2v) is 0.894. The summed E-state index contributed by atoms with van der Waals surface area (Å²) in [5.74, 6) is 0. The predicted molar refractivity (Wildman–Crippen MR) is 31.3 cm³/mol. The van der Waals surface area contributed by atoms with Crippen LogP contribution in [0.5, 0.6) is 0 Å². The molecule has 0 aliphatic rings. The summed E-state index contributed by atoms with van der Waals surface area (Å²) in [6.45, 7) is 4.07. The fourth-order valence-electron chi connectivity index (χ4n) is 0.0546. The van der Waals surface area contributed by atoms with Crippen LogP contribution in [0.1, 0.15) is 0 Å². The molecule has 38 valence electrons. The quantitative estimate of drug-likeness (QED) is 0.437. The van der Waals surface area contributed by atoms with Gasteiger partial charge in [-0.3, -0.25) is 0 Å². The number of rotatable bonds is 2. The molecule has 0 aliphatic heterocycles. The Labute approximate surface area is 48.9 Å². The Kier molecular flexibility index (Phi) is 14.3. The van der Waals surface area contributed by atoms with Crippen LogP contribution in [0.25, 0.3) is 0 Å². The summed E-state index contributed by atoms with van der Waals surface area (Å²) in [5, 5.41) is 0. The van der Waals surface area contributed by atoms with Crippen molar-refractivity contribution in [3.8, 4) is 0 Å². The Hall–Kier alpha value is 0.280. The van der Waals surface area contributed by atoms with Crippen molar-refractivity contribution in [2.24, 2.45) is 0 Å². The van der Waals surface area contributed by atoms with Gasteiger partial charge in [-0.1, -0.05) is 6.08 Å². The Morgan fingerprint density at radius 2 is 2.33 bits per heavy atom. The van der Waals surface area contributed by atoms with Crippen molar-refractivity contribution in [1.29, 1.82) is 0 Å². The van der Waals surface area contributed by atoms with Gasteiger partial charge in [-0.25, -0.2) is 4.84 Å². The Morgan fingerprint density at radius 3 is 2.33 bits per heavy atom. The number of halogens is 2. The van der Waals surface area contributed by atoms with Gasteiger partial charge in [0.25, 0.3) is 0 Å². The molecule has 0 aromatic carbocycles. The summed E-state index contributed by atoms with van der Waals surface area (Å²) in [6.07, 6.45) is 1.69. The van der Waals surface area contributed by atoms with Crippen LogP contribution >= 0.6 is 24.2 Å². The Bertz CT molecular complexity index is 30.0. The molecule has 0 aromatic rings. The van der Waals surface area contributed by atoms with E-state index in [0.29, 0.717) is 6.54 Å². The maximum absolute atomic E-state index is 4.98. The van der Waals surface area contributed by atoms with E-state index in [1.807, 2.05) is 0 Å². The zero-order valence-electron chi connectivity index (χ0n) is 3.28. The first-order valence-corrected chi connectivity index (χ1v) is 1.74. The van der Waals surface area contributed by atoms with Crippen LogP contribution in [-0.4, -0.2) is 6.54 Å². The maximum atomic E-state index is 4.98. The maximum Gasteiger partial charge on any atom is 0.0286 e. The average molecular weight is 128 g/mol. The van der Waals surface area contributed by atoms with Crippen molar-refractivity contribution >= 4 is 24.2 Å². The van der Waals surface area contributed by atoms with E-state index in [9.17, 15) is 0 Å². The molecule has 1 nitrogen and oxygen atoms in total. The van der Waals surface area contributed by atoms with Crippen LogP contribution in [0.4, 0.5) is 0 Å². The molecule has 0 fully saturated rings. The molecule has 0 rings (SSSR count). The summed E-state index contributed by atoms with van der Waals surface area (Å²) >= 11 is 4.98. The zero-order chi connectivity index (χ0) is 4.12. The van der Waals surface area contributed by atoms with Crippen LogP contribution < -0.4 is 4.84 Å². The highest BCUT2D eigenvalue weighted by atomic mass is 35.5. The van der Waals surface area contributed by atoms with Crippen molar-refractivity contribution in [1.82, 2.24) is 4.84 Å². The Balaban J connectivity index is 0. The second-order valence-electron chi connectivity index (χ2n) is 0.626. The van der Waals surface area contributed by atoms with Gasteiger partial charge in [0.15, 0.2) is 0 Å². The molecule has 0 amide bonds. The highest BCUT2D eigenvalue weighted by Gasteiger charge is 1.59. The van der Waals surface area contributed by atoms with Gasteiger partial charge >= 0.3 is 0 Å². The largest absolute Gasteiger partial charge is 0.230 e. The highest BCUT2D eigenvalue weighted by Crippen LogP contribution is 1.58. The minimum atomic E-state index is 0. The molecule has 0 radical (unpaired) electrons. The molecule has 0 saturated heterocycles. The third kappa shape index (κ3) is 8.86. The van der Waals surface area contributed by atoms with E-state index in [1.165, 1.54) is 0 Å². The van der Waals surface area contributed by atoms with Crippen molar-refractivity contribution < 1.29 is 0 Å². The molecule has 0 heterocycles. The van der Waals surface area contributed by atoms with E-state index in [4.69, 9.17) is 11.8 Å². The summed E-state index contributed by atoms with van der Waals surface area (Å²) < 4.78 is 0.